The number of amides is 1. The normalized spacial score (nSPS) is 16.4. The molecule has 1 saturated heterocycles. The molecule has 25 heavy (non-hydrogen) atoms. The number of aryl methyl sites for hydroxylation is 1. The fourth-order valence-electron chi connectivity index (χ4n) is 3.41. The highest BCUT2D eigenvalue weighted by atomic mass is 19.1. The Labute approximate surface area is 148 Å². The van der Waals surface area contributed by atoms with Crippen LogP contribution in [0, 0.1) is 12.7 Å². The van der Waals surface area contributed by atoms with Crippen molar-refractivity contribution in [1.82, 2.24) is 10.2 Å². The second kappa shape index (κ2) is 8.26. The van der Waals surface area contributed by atoms with Crippen molar-refractivity contribution in [3.8, 4) is 0 Å². The lowest BCUT2D eigenvalue weighted by Gasteiger charge is -2.35. The number of nitrogens with one attached hydrogen (secondary N) is 1. The molecule has 1 heterocycles. The molecule has 132 valence electrons. The van der Waals surface area contributed by atoms with Gasteiger partial charge in [-0.2, -0.15) is 0 Å². The molecule has 1 amide bonds. The molecule has 0 spiro atoms. The first-order chi connectivity index (χ1) is 12.1. The molecule has 0 aromatic heterocycles. The Morgan fingerprint density at radius 2 is 1.76 bits per heavy atom. The fourth-order valence-corrected chi connectivity index (χ4v) is 3.41. The standard InChI is InChI=1S/C21H25FN2O/c1-16-9-11-17(12-10-16)20(24-13-5-2-6-14-24)15-23-21(25)18-7-3-4-8-19(18)22/h3-4,7-12,20H,2,5-6,13-15H2,1H3,(H,23,25)/t20-/m0/s1. The molecule has 0 radical (unpaired) electrons. The molecular weight excluding hydrogens is 315 g/mol. The number of nitrogens with zero attached hydrogens (tertiary/aromatic N) is 1. The summed E-state index contributed by atoms with van der Waals surface area (Å²) < 4.78 is 13.8. The topological polar surface area (TPSA) is 32.3 Å². The smallest absolute Gasteiger partial charge is 0.254 e. The second-order valence-corrected chi connectivity index (χ2v) is 6.71. The van der Waals surface area contributed by atoms with E-state index in [0.29, 0.717) is 6.54 Å². The van der Waals surface area contributed by atoms with E-state index in [1.54, 1.807) is 12.1 Å². The van der Waals surface area contributed by atoms with Gasteiger partial charge in [-0.1, -0.05) is 48.4 Å². The average molecular weight is 340 g/mol. The summed E-state index contributed by atoms with van der Waals surface area (Å²) in [6, 6.07) is 14.7. The van der Waals surface area contributed by atoms with Crippen molar-refractivity contribution in [2.45, 2.75) is 32.2 Å². The second-order valence-electron chi connectivity index (χ2n) is 6.71. The highest BCUT2D eigenvalue weighted by molar-refractivity contribution is 5.94. The maximum atomic E-state index is 13.8. The monoisotopic (exact) mass is 340 g/mol. The minimum atomic E-state index is -0.482. The first-order valence-corrected chi connectivity index (χ1v) is 8.98. The van der Waals surface area contributed by atoms with Crippen molar-refractivity contribution in [3.63, 3.8) is 0 Å². The predicted molar refractivity (Wildman–Crippen MR) is 98.1 cm³/mol. The first kappa shape index (κ1) is 17.6. The molecule has 0 saturated carbocycles. The van der Waals surface area contributed by atoms with E-state index in [9.17, 15) is 9.18 Å². The number of rotatable bonds is 5. The minimum absolute atomic E-state index is 0.101. The van der Waals surface area contributed by atoms with Crippen LogP contribution >= 0.6 is 0 Å². The van der Waals surface area contributed by atoms with Crippen LogP contribution in [0.3, 0.4) is 0 Å². The van der Waals surface area contributed by atoms with Crippen LogP contribution in [0.25, 0.3) is 0 Å². The summed E-state index contributed by atoms with van der Waals surface area (Å²) in [5.41, 5.74) is 2.52. The van der Waals surface area contributed by atoms with Gasteiger partial charge >= 0.3 is 0 Å². The van der Waals surface area contributed by atoms with Gasteiger partial charge in [0, 0.05) is 6.54 Å². The lowest BCUT2D eigenvalue weighted by Crippen LogP contribution is -2.40. The van der Waals surface area contributed by atoms with E-state index >= 15 is 0 Å². The third-order valence-corrected chi connectivity index (χ3v) is 4.87. The van der Waals surface area contributed by atoms with Crippen molar-refractivity contribution < 1.29 is 9.18 Å². The number of likely N-dealkylation sites (tertiary alicyclic amines) is 1. The van der Waals surface area contributed by atoms with Crippen molar-refractivity contribution >= 4 is 5.91 Å². The molecular formula is C21H25FN2O. The van der Waals surface area contributed by atoms with Gasteiger partial charge in [-0.25, -0.2) is 4.39 Å². The Hall–Kier alpha value is -2.20. The highest BCUT2D eigenvalue weighted by Gasteiger charge is 2.23. The Morgan fingerprint density at radius 3 is 2.44 bits per heavy atom. The van der Waals surface area contributed by atoms with Gasteiger partial charge in [0.2, 0.25) is 0 Å². The van der Waals surface area contributed by atoms with Crippen LogP contribution in [0.2, 0.25) is 0 Å². The van der Waals surface area contributed by atoms with Crippen molar-refractivity contribution in [3.05, 3.63) is 71.0 Å². The van der Waals surface area contributed by atoms with Crippen molar-refractivity contribution in [1.29, 1.82) is 0 Å². The van der Waals surface area contributed by atoms with Crippen molar-refractivity contribution in [2.24, 2.45) is 0 Å². The average Bonchev–Trinajstić information content (AvgIpc) is 2.64. The predicted octanol–water partition coefficient (Wildman–Crippen LogP) is 4.09. The zero-order chi connectivity index (χ0) is 17.6. The number of benzene rings is 2. The van der Waals surface area contributed by atoms with Gasteiger partial charge in [-0.05, 0) is 50.6 Å². The third-order valence-electron chi connectivity index (χ3n) is 4.87. The summed E-state index contributed by atoms with van der Waals surface area (Å²) in [7, 11) is 0. The zero-order valence-electron chi connectivity index (χ0n) is 14.7. The van der Waals surface area contributed by atoms with E-state index in [1.807, 2.05) is 0 Å². The maximum absolute atomic E-state index is 13.8. The molecule has 3 nitrogen and oxygen atoms in total. The summed E-state index contributed by atoms with van der Waals surface area (Å²) in [6.45, 7) is 4.62. The van der Waals surface area contributed by atoms with Crippen LogP contribution < -0.4 is 5.32 Å². The highest BCUT2D eigenvalue weighted by Crippen LogP contribution is 2.24. The molecule has 4 heteroatoms. The lowest BCUT2D eigenvalue weighted by molar-refractivity contribution is 0.0920. The van der Waals surface area contributed by atoms with Gasteiger partial charge in [0.1, 0.15) is 5.82 Å². The van der Waals surface area contributed by atoms with Gasteiger partial charge in [0.05, 0.1) is 11.6 Å². The van der Waals surface area contributed by atoms with Gasteiger partial charge in [-0.15, -0.1) is 0 Å². The lowest BCUT2D eigenvalue weighted by atomic mass is 10.0. The van der Waals surface area contributed by atoms with Gasteiger partial charge in [-0.3, -0.25) is 9.69 Å². The number of hydrogen-bond donors (Lipinski definition) is 1. The molecule has 1 atom stereocenters. The molecule has 3 rings (SSSR count). The Balaban J connectivity index is 1.74. The van der Waals surface area contributed by atoms with Crippen LogP contribution in [0.1, 0.15) is 46.8 Å². The molecule has 2 aromatic carbocycles. The van der Waals surface area contributed by atoms with Gasteiger partial charge in [0.15, 0.2) is 0 Å². The summed E-state index contributed by atoms with van der Waals surface area (Å²) in [5.74, 6) is -0.836. The summed E-state index contributed by atoms with van der Waals surface area (Å²) in [5, 5.41) is 2.93. The number of hydrogen-bond acceptors (Lipinski definition) is 2. The summed E-state index contributed by atoms with van der Waals surface area (Å²) in [6.07, 6.45) is 3.63. The SMILES string of the molecule is Cc1ccc([C@H](CNC(=O)c2ccccc2F)N2CCCCC2)cc1. The molecule has 1 fully saturated rings. The van der Waals surface area contributed by atoms with E-state index in [4.69, 9.17) is 0 Å². The van der Waals surface area contributed by atoms with E-state index in [1.165, 1.54) is 42.5 Å². The molecule has 1 N–H and O–H groups in total. The van der Waals surface area contributed by atoms with E-state index < -0.39 is 5.82 Å². The molecule has 0 unspecified atom stereocenters. The molecule has 1 aliphatic rings. The summed E-state index contributed by atoms with van der Waals surface area (Å²) >= 11 is 0. The summed E-state index contributed by atoms with van der Waals surface area (Å²) in [4.78, 5) is 14.8. The fraction of sp³-hybridized carbons (Fsp3) is 0.381. The molecule has 0 aliphatic carbocycles. The van der Waals surface area contributed by atoms with E-state index in [2.05, 4.69) is 41.4 Å². The maximum Gasteiger partial charge on any atom is 0.254 e. The van der Waals surface area contributed by atoms with Crippen LogP contribution in [-0.2, 0) is 0 Å². The Bertz CT molecular complexity index is 708. The van der Waals surface area contributed by atoms with Crippen LogP contribution in [-0.4, -0.2) is 30.4 Å². The Kier molecular flexibility index (Phi) is 5.82. The van der Waals surface area contributed by atoms with Crippen LogP contribution in [0.5, 0.6) is 0 Å². The number of halogens is 1. The quantitative estimate of drug-likeness (QED) is 0.889. The molecule has 2 aromatic rings. The third kappa shape index (κ3) is 4.45. The van der Waals surface area contributed by atoms with E-state index in [0.717, 1.165) is 13.1 Å². The van der Waals surface area contributed by atoms with Crippen LogP contribution in [0.15, 0.2) is 48.5 Å². The number of carbonyl (C=O) groups is 1. The first-order valence-electron chi connectivity index (χ1n) is 8.98. The zero-order valence-corrected chi connectivity index (χ0v) is 14.7. The van der Waals surface area contributed by atoms with Crippen molar-refractivity contribution in [2.75, 3.05) is 19.6 Å². The van der Waals surface area contributed by atoms with Crippen LogP contribution in [0.4, 0.5) is 4.39 Å². The number of carbonyl (C=O) groups excluding carboxylic acids is 1. The molecule has 1 aliphatic heterocycles. The Morgan fingerprint density at radius 1 is 1.08 bits per heavy atom. The number of piperidine rings is 1. The molecule has 0 bridgehead atoms. The van der Waals surface area contributed by atoms with E-state index in [-0.39, 0.29) is 17.5 Å². The largest absolute Gasteiger partial charge is 0.350 e. The van der Waals surface area contributed by atoms with Gasteiger partial charge in [0.25, 0.3) is 5.91 Å². The van der Waals surface area contributed by atoms with Gasteiger partial charge < -0.3 is 5.32 Å². The minimum Gasteiger partial charge on any atom is -0.350 e.